The Labute approximate surface area is 109 Å². The molecule has 15 heavy (non-hydrogen) atoms. The van der Waals surface area contributed by atoms with Crippen LogP contribution in [0.15, 0.2) is 10.5 Å². The summed E-state index contributed by atoms with van der Waals surface area (Å²) in [6, 6.07) is 2.56. The molecule has 0 spiro atoms. The van der Waals surface area contributed by atoms with Crippen molar-refractivity contribution in [1.82, 2.24) is 10.2 Å². The summed E-state index contributed by atoms with van der Waals surface area (Å²) >= 11 is 11.0. The molecule has 1 rings (SSSR count). The van der Waals surface area contributed by atoms with Crippen molar-refractivity contribution in [3.05, 3.63) is 19.8 Å². The van der Waals surface area contributed by atoms with Gasteiger partial charge < -0.3 is 10.2 Å². The first kappa shape index (κ1) is 13.5. The van der Waals surface area contributed by atoms with Crippen LogP contribution in [-0.2, 0) is 6.54 Å². The number of nitrogens with one attached hydrogen (secondary N) is 1. The Bertz CT molecular complexity index is 295. The molecule has 1 aromatic rings. The van der Waals surface area contributed by atoms with Crippen LogP contribution in [0, 0.1) is 0 Å². The first-order chi connectivity index (χ1) is 6.99. The van der Waals surface area contributed by atoms with E-state index in [1.54, 1.807) is 11.3 Å². The van der Waals surface area contributed by atoms with Gasteiger partial charge in [0, 0.05) is 28.5 Å². The Morgan fingerprint density at radius 1 is 1.60 bits per heavy atom. The monoisotopic (exact) mass is 310 g/mol. The van der Waals surface area contributed by atoms with Crippen LogP contribution in [0.5, 0.6) is 0 Å². The quantitative estimate of drug-likeness (QED) is 0.898. The van der Waals surface area contributed by atoms with Crippen LogP contribution in [0.2, 0.25) is 4.34 Å². The van der Waals surface area contributed by atoms with E-state index >= 15 is 0 Å². The minimum Gasteiger partial charge on any atom is -0.308 e. The number of nitrogens with zero attached hydrogens (tertiary/aromatic N) is 1. The zero-order valence-corrected chi connectivity index (χ0v) is 12.3. The molecule has 1 aromatic heterocycles. The van der Waals surface area contributed by atoms with Crippen LogP contribution in [0.4, 0.5) is 0 Å². The predicted molar refractivity (Wildman–Crippen MR) is 71.9 cm³/mol. The molecule has 1 atom stereocenters. The number of thiophene rings is 1. The van der Waals surface area contributed by atoms with Gasteiger partial charge in [-0.2, -0.15) is 0 Å². The van der Waals surface area contributed by atoms with Gasteiger partial charge in [0.1, 0.15) is 4.34 Å². The highest BCUT2D eigenvalue weighted by Gasteiger charge is 2.06. The van der Waals surface area contributed by atoms with Gasteiger partial charge in [-0.3, -0.25) is 0 Å². The largest absolute Gasteiger partial charge is 0.308 e. The first-order valence-electron chi connectivity index (χ1n) is 4.81. The van der Waals surface area contributed by atoms with E-state index in [-0.39, 0.29) is 0 Å². The van der Waals surface area contributed by atoms with Gasteiger partial charge >= 0.3 is 0 Å². The van der Waals surface area contributed by atoms with Crippen molar-refractivity contribution in [3.8, 4) is 0 Å². The van der Waals surface area contributed by atoms with E-state index in [4.69, 9.17) is 11.6 Å². The third-order valence-corrected chi connectivity index (χ3v) is 4.43. The van der Waals surface area contributed by atoms with Crippen LogP contribution in [0.1, 0.15) is 11.8 Å². The summed E-state index contributed by atoms with van der Waals surface area (Å²) in [7, 11) is 4.16. The van der Waals surface area contributed by atoms with Gasteiger partial charge in [-0.1, -0.05) is 11.6 Å². The molecule has 0 bridgehead atoms. The summed E-state index contributed by atoms with van der Waals surface area (Å²) in [5.74, 6) is 0. The Hall–Kier alpha value is 0.390. The molecule has 5 heteroatoms. The van der Waals surface area contributed by atoms with Crippen molar-refractivity contribution in [1.29, 1.82) is 0 Å². The molecule has 0 aliphatic heterocycles. The second kappa shape index (κ2) is 6.21. The zero-order valence-electron chi connectivity index (χ0n) is 9.18. The van der Waals surface area contributed by atoms with Crippen LogP contribution >= 0.6 is 38.9 Å². The molecule has 1 unspecified atom stereocenters. The van der Waals surface area contributed by atoms with Crippen LogP contribution in [0.3, 0.4) is 0 Å². The second-order valence-electron chi connectivity index (χ2n) is 3.88. The van der Waals surface area contributed by atoms with Crippen molar-refractivity contribution in [3.63, 3.8) is 0 Å². The Kier molecular flexibility index (Phi) is 5.57. The number of halogens is 2. The van der Waals surface area contributed by atoms with E-state index in [0.29, 0.717) is 6.04 Å². The van der Waals surface area contributed by atoms with Gasteiger partial charge in [0.25, 0.3) is 0 Å². The molecule has 0 amide bonds. The third-order valence-electron chi connectivity index (χ3n) is 1.96. The topological polar surface area (TPSA) is 15.3 Å². The summed E-state index contributed by atoms with van der Waals surface area (Å²) in [5, 5.41) is 3.46. The molecule has 1 N–H and O–H groups in total. The lowest BCUT2D eigenvalue weighted by atomic mass is 10.3. The molecule has 86 valence electrons. The Morgan fingerprint density at radius 3 is 2.73 bits per heavy atom. The van der Waals surface area contributed by atoms with Crippen molar-refractivity contribution in [2.24, 2.45) is 0 Å². The van der Waals surface area contributed by atoms with Gasteiger partial charge in [0.15, 0.2) is 0 Å². The maximum atomic E-state index is 5.96. The third kappa shape index (κ3) is 4.83. The van der Waals surface area contributed by atoms with Crippen LogP contribution in [0.25, 0.3) is 0 Å². The molecule has 0 fully saturated rings. The molecule has 0 aromatic carbocycles. The molecule has 1 heterocycles. The molecule has 2 nitrogen and oxygen atoms in total. The summed E-state index contributed by atoms with van der Waals surface area (Å²) in [6.07, 6.45) is 0. The van der Waals surface area contributed by atoms with Gasteiger partial charge in [0.05, 0.1) is 0 Å². The van der Waals surface area contributed by atoms with E-state index in [0.717, 1.165) is 21.9 Å². The molecule has 0 saturated heterocycles. The maximum absolute atomic E-state index is 5.96. The van der Waals surface area contributed by atoms with Crippen LogP contribution in [-0.4, -0.2) is 31.6 Å². The van der Waals surface area contributed by atoms with Crippen molar-refractivity contribution >= 4 is 38.9 Å². The first-order valence-corrected chi connectivity index (χ1v) is 6.79. The number of likely N-dealkylation sites (N-methyl/N-ethyl adjacent to an activating group) is 1. The fourth-order valence-electron chi connectivity index (χ4n) is 1.37. The van der Waals surface area contributed by atoms with E-state index in [9.17, 15) is 0 Å². The highest BCUT2D eigenvalue weighted by Crippen LogP contribution is 2.31. The SMILES string of the molecule is CC(CN(C)C)NCc1cc(Br)c(Cl)s1. The lowest BCUT2D eigenvalue weighted by Gasteiger charge is -2.17. The molecule has 0 aliphatic rings. The van der Waals surface area contributed by atoms with Crippen molar-refractivity contribution < 1.29 is 0 Å². The molecule has 0 saturated carbocycles. The smallest absolute Gasteiger partial charge is 0.107 e. The average molecular weight is 312 g/mol. The molecular formula is C10H16BrClN2S. The fraction of sp³-hybridized carbons (Fsp3) is 0.600. The summed E-state index contributed by atoms with van der Waals surface area (Å²) < 4.78 is 1.82. The fourth-order valence-corrected chi connectivity index (χ4v) is 3.11. The van der Waals surface area contributed by atoms with E-state index in [1.165, 1.54) is 4.88 Å². The molecular weight excluding hydrogens is 296 g/mol. The van der Waals surface area contributed by atoms with Gasteiger partial charge in [-0.05, 0) is 43.0 Å². The van der Waals surface area contributed by atoms with Crippen molar-refractivity contribution in [2.45, 2.75) is 19.5 Å². The highest BCUT2D eigenvalue weighted by atomic mass is 79.9. The number of hydrogen-bond donors (Lipinski definition) is 1. The van der Waals surface area contributed by atoms with Crippen molar-refractivity contribution in [2.75, 3.05) is 20.6 Å². The summed E-state index contributed by atoms with van der Waals surface area (Å²) in [5.41, 5.74) is 0. The van der Waals surface area contributed by atoms with Gasteiger partial charge in [0.2, 0.25) is 0 Å². The standard InChI is InChI=1S/C10H16BrClN2S/c1-7(6-14(2)3)13-5-8-4-9(11)10(12)15-8/h4,7,13H,5-6H2,1-3H3. The Balaban J connectivity index is 2.36. The Morgan fingerprint density at radius 2 is 2.27 bits per heavy atom. The lowest BCUT2D eigenvalue weighted by molar-refractivity contribution is 0.349. The van der Waals surface area contributed by atoms with E-state index in [2.05, 4.69) is 53.2 Å². The molecule has 0 aliphatic carbocycles. The average Bonchev–Trinajstić information content (AvgIpc) is 2.42. The minimum atomic E-state index is 0.486. The number of hydrogen-bond acceptors (Lipinski definition) is 3. The number of rotatable bonds is 5. The maximum Gasteiger partial charge on any atom is 0.107 e. The zero-order chi connectivity index (χ0) is 11.4. The molecule has 0 radical (unpaired) electrons. The van der Waals surface area contributed by atoms with Gasteiger partial charge in [-0.15, -0.1) is 11.3 Å². The lowest BCUT2D eigenvalue weighted by Crippen LogP contribution is -2.35. The summed E-state index contributed by atoms with van der Waals surface area (Å²) in [6.45, 7) is 4.11. The summed E-state index contributed by atoms with van der Waals surface area (Å²) in [4.78, 5) is 3.44. The van der Waals surface area contributed by atoms with Gasteiger partial charge in [-0.25, -0.2) is 0 Å². The van der Waals surface area contributed by atoms with E-state index in [1.807, 2.05) is 0 Å². The minimum absolute atomic E-state index is 0.486. The van der Waals surface area contributed by atoms with Crippen LogP contribution < -0.4 is 5.32 Å². The van der Waals surface area contributed by atoms with E-state index < -0.39 is 0 Å². The highest BCUT2D eigenvalue weighted by molar-refractivity contribution is 9.10. The normalized spacial score (nSPS) is 13.5. The second-order valence-corrected chi connectivity index (χ2v) is 6.47. The predicted octanol–water partition coefficient (Wildman–Crippen LogP) is 3.20.